The number of phenolic OH excluding ortho intramolecular Hbond substituents is 1. The van der Waals surface area contributed by atoms with Crippen LogP contribution in [-0.4, -0.2) is 10.9 Å². The van der Waals surface area contributed by atoms with Crippen molar-refractivity contribution in [2.45, 2.75) is 72.6 Å². The highest BCUT2D eigenvalue weighted by Gasteiger charge is 2.29. The Morgan fingerprint density at radius 1 is 1.00 bits per heavy atom. The van der Waals surface area contributed by atoms with Gasteiger partial charge in [-0.05, 0) is 37.7 Å². The normalized spacial score (nSPS) is 12.5. The quantitative estimate of drug-likeness (QED) is 0.631. The Hall–Kier alpha value is -1.75. The molecule has 1 rings (SSSR count). The average molecular weight is 314 g/mol. The second-order valence-corrected chi connectivity index (χ2v) is 8.94. The molecular weight excluding hydrogens is 284 g/mol. The highest BCUT2D eigenvalue weighted by atomic mass is 16.3. The first-order valence-electron chi connectivity index (χ1n) is 8.13. The molecule has 0 aliphatic carbocycles. The molecule has 0 radical (unpaired) electrons. The molecule has 0 aromatic heterocycles. The van der Waals surface area contributed by atoms with Gasteiger partial charge in [0.05, 0.1) is 0 Å². The van der Waals surface area contributed by atoms with Crippen LogP contribution >= 0.6 is 0 Å². The van der Waals surface area contributed by atoms with Crippen LogP contribution in [0.25, 0.3) is 0 Å². The van der Waals surface area contributed by atoms with Crippen molar-refractivity contribution in [3.63, 3.8) is 0 Å². The molecule has 1 aromatic rings. The first kappa shape index (κ1) is 19.3. The Bertz CT molecular complexity index is 641. The second-order valence-electron chi connectivity index (χ2n) is 8.94. The molecule has 126 valence electrons. The largest absolute Gasteiger partial charge is 0.507 e. The smallest absolute Gasteiger partial charge is 0.206 e. The van der Waals surface area contributed by atoms with Crippen molar-refractivity contribution >= 4 is 5.78 Å². The summed E-state index contributed by atoms with van der Waals surface area (Å²) in [7, 11) is 0. The molecular formula is C21H30O2. The van der Waals surface area contributed by atoms with Gasteiger partial charge in [-0.3, -0.25) is 4.79 Å². The number of hydrogen-bond donors (Lipinski definition) is 1. The summed E-state index contributed by atoms with van der Waals surface area (Å²) in [5, 5.41) is 10.7. The molecule has 0 fully saturated rings. The van der Waals surface area contributed by atoms with E-state index in [-0.39, 0.29) is 23.0 Å². The van der Waals surface area contributed by atoms with Crippen molar-refractivity contribution < 1.29 is 9.90 Å². The first-order chi connectivity index (χ1) is 10.2. The molecule has 0 aliphatic heterocycles. The standard InChI is InChI=1S/C21H30O2/c1-19(2,3)13-12-15(22)14-21(7,8)17-11-9-10-16(18(17)23)20(4,5)6/h9-11,23H,14H2,1-8H3. The predicted octanol–water partition coefficient (Wildman–Crippen LogP) is 4.98. The molecule has 0 amide bonds. The summed E-state index contributed by atoms with van der Waals surface area (Å²) in [4.78, 5) is 12.2. The number of rotatable bonds is 3. The molecule has 0 aliphatic rings. The van der Waals surface area contributed by atoms with Gasteiger partial charge in [-0.2, -0.15) is 0 Å². The highest BCUT2D eigenvalue weighted by Crippen LogP contribution is 2.40. The molecule has 0 heterocycles. The Kier molecular flexibility index (Phi) is 5.37. The number of ketones is 1. The van der Waals surface area contributed by atoms with E-state index in [2.05, 4.69) is 32.6 Å². The fraction of sp³-hybridized carbons (Fsp3) is 0.571. The summed E-state index contributed by atoms with van der Waals surface area (Å²) >= 11 is 0. The topological polar surface area (TPSA) is 37.3 Å². The number of aromatic hydroxyl groups is 1. The summed E-state index contributed by atoms with van der Waals surface area (Å²) in [6.07, 6.45) is 0.289. The Labute approximate surface area is 141 Å². The molecule has 2 heteroatoms. The minimum Gasteiger partial charge on any atom is -0.507 e. The maximum Gasteiger partial charge on any atom is 0.206 e. The van der Waals surface area contributed by atoms with Crippen LogP contribution in [-0.2, 0) is 15.6 Å². The molecule has 1 N–H and O–H groups in total. The monoisotopic (exact) mass is 314 g/mol. The molecule has 2 nitrogen and oxygen atoms in total. The van der Waals surface area contributed by atoms with Gasteiger partial charge in [0.2, 0.25) is 5.78 Å². The van der Waals surface area contributed by atoms with E-state index in [1.54, 1.807) is 0 Å². The first-order valence-corrected chi connectivity index (χ1v) is 8.13. The lowest BCUT2D eigenvalue weighted by molar-refractivity contribution is -0.114. The van der Waals surface area contributed by atoms with Crippen LogP contribution in [0, 0.1) is 17.3 Å². The van der Waals surface area contributed by atoms with E-state index in [0.717, 1.165) is 11.1 Å². The van der Waals surface area contributed by atoms with Crippen molar-refractivity contribution in [2.24, 2.45) is 5.41 Å². The zero-order chi connectivity index (χ0) is 18.1. The van der Waals surface area contributed by atoms with Crippen LogP contribution in [0.2, 0.25) is 0 Å². The summed E-state index contributed by atoms with van der Waals surface area (Å²) in [5.41, 5.74) is 0.905. The van der Waals surface area contributed by atoms with E-state index in [9.17, 15) is 9.90 Å². The number of benzene rings is 1. The Morgan fingerprint density at radius 2 is 1.52 bits per heavy atom. The number of carbonyl (C=O) groups excluding carboxylic acids is 1. The number of Topliss-reactive ketones (excluding diaryl/α,β-unsaturated/α-hetero) is 1. The van der Waals surface area contributed by atoms with Crippen molar-refractivity contribution in [1.29, 1.82) is 0 Å². The van der Waals surface area contributed by atoms with Crippen LogP contribution < -0.4 is 0 Å². The van der Waals surface area contributed by atoms with Crippen LogP contribution in [0.15, 0.2) is 18.2 Å². The average Bonchev–Trinajstić information content (AvgIpc) is 2.33. The van der Waals surface area contributed by atoms with Gasteiger partial charge >= 0.3 is 0 Å². The van der Waals surface area contributed by atoms with Gasteiger partial charge in [-0.25, -0.2) is 0 Å². The lowest BCUT2D eigenvalue weighted by Gasteiger charge is -2.28. The van der Waals surface area contributed by atoms with Gasteiger partial charge in [0.15, 0.2) is 0 Å². The fourth-order valence-corrected chi connectivity index (χ4v) is 2.49. The summed E-state index contributed by atoms with van der Waals surface area (Å²) in [6, 6.07) is 5.79. The highest BCUT2D eigenvalue weighted by molar-refractivity contribution is 5.96. The summed E-state index contributed by atoms with van der Waals surface area (Å²) < 4.78 is 0. The van der Waals surface area contributed by atoms with Gasteiger partial charge in [-0.15, -0.1) is 0 Å². The van der Waals surface area contributed by atoms with E-state index < -0.39 is 5.41 Å². The minimum absolute atomic E-state index is 0.0921. The predicted molar refractivity (Wildman–Crippen MR) is 96.7 cm³/mol. The third-order valence-electron chi connectivity index (χ3n) is 3.75. The SMILES string of the molecule is CC(C)(C)C#CC(=O)CC(C)(C)c1cccc(C(C)(C)C)c1O. The van der Waals surface area contributed by atoms with Gasteiger partial charge in [0, 0.05) is 22.8 Å². The number of carbonyl (C=O) groups is 1. The minimum atomic E-state index is -0.463. The number of phenols is 1. The van der Waals surface area contributed by atoms with Gasteiger partial charge in [0.25, 0.3) is 0 Å². The van der Waals surface area contributed by atoms with E-state index in [1.165, 1.54) is 0 Å². The zero-order valence-corrected chi connectivity index (χ0v) is 15.8. The maximum absolute atomic E-state index is 12.2. The molecule has 0 unspecified atom stereocenters. The summed E-state index contributed by atoms with van der Waals surface area (Å²) in [6.45, 7) is 16.1. The van der Waals surface area contributed by atoms with Crippen molar-refractivity contribution in [1.82, 2.24) is 0 Å². The zero-order valence-electron chi connectivity index (χ0n) is 15.8. The summed E-state index contributed by atoms with van der Waals surface area (Å²) in [5.74, 6) is 5.93. The van der Waals surface area contributed by atoms with Gasteiger partial charge < -0.3 is 5.11 Å². The van der Waals surface area contributed by atoms with Crippen LogP contribution in [0.1, 0.15) is 72.9 Å². The van der Waals surface area contributed by atoms with Crippen LogP contribution in [0.4, 0.5) is 0 Å². The molecule has 0 saturated carbocycles. The molecule has 0 saturated heterocycles. The Morgan fingerprint density at radius 3 is 2.00 bits per heavy atom. The second kappa shape index (κ2) is 6.40. The molecule has 23 heavy (non-hydrogen) atoms. The number of para-hydroxylation sites is 1. The lowest BCUT2D eigenvalue weighted by atomic mass is 9.76. The van der Waals surface area contributed by atoms with Gasteiger partial charge in [0.1, 0.15) is 5.75 Å². The molecule has 0 bridgehead atoms. The molecule has 0 spiro atoms. The maximum atomic E-state index is 12.2. The van der Waals surface area contributed by atoms with Gasteiger partial charge in [-0.1, -0.05) is 58.7 Å². The van der Waals surface area contributed by atoms with Crippen LogP contribution in [0.5, 0.6) is 5.75 Å². The van der Waals surface area contributed by atoms with E-state index in [4.69, 9.17) is 0 Å². The third kappa shape index (κ3) is 5.43. The van der Waals surface area contributed by atoms with E-state index >= 15 is 0 Å². The van der Waals surface area contributed by atoms with Crippen LogP contribution in [0.3, 0.4) is 0 Å². The van der Waals surface area contributed by atoms with Crippen molar-refractivity contribution in [3.05, 3.63) is 29.3 Å². The molecule has 1 aromatic carbocycles. The van der Waals surface area contributed by atoms with E-state index in [1.807, 2.05) is 52.8 Å². The van der Waals surface area contributed by atoms with Crippen molar-refractivity contribution in [2.75, 3.05) is 0 Å². The Balaban J connectivity index is 3.14. The van der Waals surface area contributed by atoms with E-state index in [0.29, 0.717) is 5.75 Å². The third-order valence-corrected chi connectivity index (χ3v) is 3.75. The molecule has 0 atom stereocenters. The fourth-order valence-electron chi connectivity index (χ4n) is 2.49. The lowest BCUT2D eigenvalue weighted by Crippen LogP contribution is -2.23. The number of hydrogen-bond acceptors (Lipinski definition) is 2. The van der Waals surface area contributed by atoms with Crippen molar-refractivity contribution in [3.8, 4) is 17.6 Å².